The number of carbonyl (C=O) groups is 1. The first-order valence-corrected chi connectivity index (χ1v) is 9.98. The number of benzene rings is 1. The van der Waals surface area contributed by atoms with Crippen molar-refractivity contribution in [2.75, 3.05) is 11.9 Å². The van der Waals surface area contributed by atoms with E-state index in [0.717, 1.165) is 52.5 Å². The second-order valence-electron chi connectivity index (χ2n) is 7.36. The lowest BCUT2D eigenvalue weighted by molar-refractivity contribution is -0.115. The maximum absolute atomic E-state index is 12.2. The third-order valence-electron chi connectivity index (χ3n) is 5.01. The zero-order chi connectivity index (χ0) is 20.3. The molecule has 0 radical (unpaired) electrons. The number of rotatable bonds is 8. The van der Waals surface area contributed by atoms with Gasteiger partial charge in [0.2, 0.25) is 5.91 Å². The van der Waals surface area contributed by atoms with E-state index in [1.165, 1.54) is 0 Å². The lowest BCUT2D eigenvalue weighted by atomic mass is 10.1. The molecule has 0 aliphatic heterocycles. The standard InChI is InChI=1S/C22H30N4O2/c1-6-19(27)25-22-20(21-23-17-10-7-8-11-18(17)24-21)15(4)16(5)26(22)12-9-13-28-14(2)3/h7-8,10-11,14H,6,9,12-13H2,1-5H3,(H,23,24)(H,25,27). The molecule has 0 bridgehead atoms. The van der Waals surface area contributed by atoms with Crippen molar-refractivity contribution in [2.24, 2.45) is 0 Å². The highest BCUT2D eigenvalue weighted by atomic mass is 16.5. The monoisotopic (exact) mass is 382 g/mol. The summed E-state index contributed by atoms with van der Waals surface area (Å²) in [6.07, 6.45) is 1.53. The minimum absolute atomic E-state index is 0.00505. The lowest BCUT2D eigenvalue weighted by Crippen LogP contribution is -2.16. The number of carbonyl (C=O) groups excluding carboxylic acids is 1. The number of aromatic amines is 1. The van der Waals surface area contributed by atoms with Gasteiger partial charge in [0.25, 0.3) is 0 Å². The van der Waals surface area contributed by atoms with Gasteiger partial charge in [-0.1, -0.05) is 19.1 Å². The van der Waals surface area contributed by atoms with E-state index in [9.17, 15) is 4.79 Å². The molecular formula is C22H30N4O2. The average Bonchev–Trinajstić information content (AvgIpc) is 3.18. The van der Waals surface area contributed by atoms with Crippen molar-refractivity contribution in [2.45, 2.75) is 60.1 Å². The van der Waals surface area contributed by atoms with Gasteiger partial charge in [0, 0.05) is 25.3 Å². The Hall–Kier alpha value is -2.60. The first kappa shape index (κ1) is 20.1. The van der Waals surface area contributed by atoms with Crippen LogP contribution in [0.15, 0.2) is 24.3 Å². The summed E-state index contributed by atoms with van der Waals surface area (Å²) in [4.78, 5) is 20.4. The van der Waals surface area contributed by atoms with Crippen molar-refractivity contribution >= 4 is 22.8 Å². The highest BCUT2D eigenvalue weighted by Crippen LogP contribution is 2.36. The topological polar surface area (TPSA) is 71.9 Å². The number of nitrogens with one attached hydrogen (secondary N) is 2. The Balaban J connectivity index is 2.02. The van der Waals surface area contributed by atoms with Crippen LogP contribution in [0.3, 0.4) is 0 Å². The summed E-state index contributed by atoms with van der Waals surface area (Å²) in [6.45, 7) is 11.6. The van der Waals surface area contributed by atoms with E-state index in [2.05, 4.69) is 28.7 Å². The molecule has 0 saturated heterocycles. The van der Waals surface area contributed by atoms with Gasteiger partial charge in [-0.2, -0.15) is 0 Å². The van der Waals surface area contributed by atoms with Crippen molar-refractivity contribution < 1.29 is 9.53 Å². The Bertz CT molecular complexity index is 935. The largest absolute Gasteiger partial charge is 0.379 e. The van der Waals surface area contributed by atoms with Crippen molar-refractivity contribution in [3.63, 3.8) is 0 Å². The Morgan fingerprint density at radius 3 is 2.71 bits per heavy atom. The average molecular weight is 383 g/mol. The number of nitrogens with zero attached hydrogens (tertiary/aromatic N) is 2. The van der Waals surface area contributed by atoms with Gasteiger partial charge in [-0.3, -0.25) is 4.79 Å². The summed E-state index contributed by atoms with van der Waals surface area (Å²) in [5, 5.41) is 3.11. The fourth-order valence-corrected chi connectivity index (χ4v) is 3.40. The molecule has 0 aliphatic rings. The lowest BCUT2D eigenvalue weighted by Gasteiger charge is -2.14. The summed E-state index contributed by atoms with van der Waals surface area (Å²) in [5.74, 6) is 1.59. The number of aromatic nitrogens is 3. The third-order valence-corrected chi connectivity index (χ3v) is 5.01. The minimum Gasteiger partial charge on any atom is -0.379 e. The molecule has 0 unspecified atom stereocenters. The minimum atomic E-state index is -0.00505. The molecule has 0 fully saturated rings. The van der Waals surface area contributed by atoms with Gasteiger partial charge < -0.3 is 19.6 Å². The molecule has 0 spiro atoms. The van der Waals surface area contributed by atoms with E-state index >= 15 is 0 Å². The molecule has 2 heterocycles. The highest BCUT2D eigenvalue weighted by Gasteiger charge is 2.22. The molecule has 2 N–H and O–H groups in total. The molecule has 1 aromatic carbocycles. The number of amides is 1. The van der Waals surface area contributed by atoms with E-state index in [1.54, 1.807) is 0 Å². The van der Waals surface area contributed by atoms with Crippen LogP contribution in [0.4, 0.5) is 5.82 Å². The quantitative estimate of drug-likeness (QED) is 0.549. The Morgan fingerprint density at radius 2 is 2.04 bits per heavy atom. The van der Waals surface area contributed by atoms with E-state index in [-0.39, 0.29) is 12.0 Å². The summed E-state index contributed by atoms with van der Waals surface area (Å²) in [6, 6.07) is 7.97. The zero-order valence-corrected chi connectivity index (χ0v) is 17.4. The van der Waals surface area contributed by atoms with E-state index in [0.29, 0.717) is 13.0 Å². The maximum Gasteiger partial charge on any atom is 0.225 e. The van der Waals surface area contributed by atoms with Gasteiger partial charge >= 0.3 is 0 Å². The first-order chi connectivity index (χ1) is 13.4. The number of imidazole rings is 1. The van der Waals surface area contributed by atoms with Gasteiger partial charge in [-0.15, -0.1) is 0 Å². The number of ether oxygens (including phenoxy) is 1. The second-order valence-corrected chi connectivity index (χ2v) is 7.36. The zero-order valence-electron chi connectivity index (χ0n) is 17.4. The van der Waals surface area contributed by atoms with Gasteiger partial charge in [-0.05, 0) is 51.8 Å². The SMILES string of the molecule is CCC(=O)Nc1c(-c2nc3ccccc3[nH]2)c(C)c(C)n1CCCOC(C)C. The summed E-state index contributed by atoms with van der Waals surface area (Å²) in [7, 11) is 0. The number of hydrogen-bond acceptors (Lipinski definition) is 3. The van der Waals surface area contributed by atoms with Crippen LogP contribution >= 0.6 is 0 Å². The number of para-hydroxylation sites is 2. The summed E-state index contributed by atoms with van der Waals surface area (Å²) >= 11 is 0. The molecule has 150 valence electrons. The molecule has 0 atom stereocenters. The van der Waals surface area contributed by atoms with E-state index < -0.39 is 0 Å². The molecule has 6 nitrogen and oxygen atoms in total. The summed E-state index contributed by atoms with van der Waals surface area (Å²) in [5.41, 5.74) is 5.11. The summed E-state index contributed by atoms with van der Waals surface area (Å²) < 4.78 is 7.86. The molecule has 3 aromatic rings. The van der Waals surface area contributed by atoms with Gasteiger partial charge in [-0.25, -0.2) is 4.98 Å². The van der Waals surface area contributed by atoms with Crippen LogP contribution in [0.1, 0.15) is 44.9 Å². The fourth-order valence-electron chi connectivity index (χ4n) is 3.40. The van der Waals surface area contributed by atoms with Crippen LogP contribution < -0.4 is 5.32 Å². The number of hydrogen-bond donors (Lipinski definition) is 2. The molecule has 0 aliphatic carbocycles. The van der Waals surface area contributed by atoms with Crippen LogP contribution in [0.2, 0.25) is 0 Å². The van der Waals surface area contributed by atoms with Gasteiger partial charge in [0.05, 0.1) is 22.7 Å². The van der Waals surface area contributed by atoms with E-state index in [1.807, 2.05) is 45.0 Å². The van der Waals surface area contributed by atoms with Gasteiger partial charge in [0.1, 0.15) is 11.6 Å². The first-order valence-electron chi connectivity index (χ1n) is 9.98. The van der Waals surface area contributed by atoms with Crippen LogP contribution in [-0.4, -0.2) is 33.2 Å². The molecule has 1 amide bonds. The molecule has 0 saturated carbocycles. The van der Waals surface area contributed by atoms with Crippen LogP contribution in [0.25, 0.3) is 22.4 Å². The number of fused-ring (bicyclic) bond motifs is 1. The van der Waals surface area contributed by atoms with Crippen molar-refractivity contribution in [3.05, 3.63) is 35.5 Å². The predicted molar refractivity (Wildman–Crippen MR) is 114 cm³/mol. The predicted octanol–water partition coefficient (Wildman–Crippen LogP) is 4.81. The Kier molecular flexibility index (Phi) is 6.19. The second kappa shape index (κ2) is 8.61. The molecule has 6 heteroatoms. The maximum atomic E-state index is 12.2. The van der Waals surface area contributed by atoms with Crippen molar-refractivity contribution in [3.8, 4) is 11.4 Å². The third kappa shape index (κ3) is 4.12. The molecule has 2 aromatic heterocycles. The molecular weight excluding hydrogens is 352 g/mol. The fraction of sp³-hybridized carbons (Fsp3) is 0.455. The van der Waals surface area contributed by atoms with Crippen LogP contribution in [-0.2, 0) is 16.1 Å². The van der Waals surface area contributed by atoms with Crippen LogP contribution in [0, 0.1) is 13.8 Å². The Labute approximate surface area is 166 Å². The Morgan fingerprint density at radius 1 is 1.29 bits per heavy atom. The number of H-pyrrole nitrogens is 1. The van der Waals surface area contributed by atoms with Crippen molar-refractivity contribution in [1.82, 2.24) is 14.5 Å². The molecule has 28 heavy (non-hydrogen) atoms. The molecule has 3 rings (SSSR count). The van der Waals surface area contributed by atoms with Gasteiger partial charge in [0.15, 0.2) is 0 Å². The number of anilines is 1. The van der Waals surface area contributed by atoms with Crippen molar-refractivity contribution in [1.29, 1.82) is 0 Å². The smallest absolute Gasteiger partial charge is 0.225 e. The highest BCUT2D eigenvalue weighted by molar-refractivity contribution is 5.95. The van der Waals surface area contributed by atoms with E-state index in [4.69, 9.17) is 9.72 Å². The normalized spacial score (nSPS) is 11.5. The van der Waals surface area contributed by atoms with Crippen LogP contribution in [0.5, 0.6) is 0 Å².